The van der Waals surface area contributed by atoms with Crippen molar-refractivity contribution >= 4 is 35.1 Å². The lowest BCUT2D eigenvalue weighted by atomic mass is 10.3. The fourth-order valence-corrected chi connectivity index (χ4v) is 9.59. The Balaban J connectivity index is 0.000000395. The lowest BCUT2D eigenvalue weighted by Crippen LogP contribution is -2.37. The molecule has 0 spiro atoms. The van der Waals surface area contributed by atoms with Crippen molar-refractivity contribution < 1.29 is 19.8 Å². The van der Waals surface area contributed by atoms with Crippen LogP contribution in [0.4, 0.5) is 0 Å². The minimum absolute atomic E-state index is 0.768. The molecule has 1 fully saturated rings. The minimum Gasteiger partial charge on any atom is -0.550 e. The van der Waals surface area contributed by atoms with E-state index in [0.717, 1.165) is 19.5 Å². The van der Waals surface area contributed by atoms with Crippen LogP contribution in [-0.4, -0.2) is 22.7 Å². The van der Waals surface area contributed by atoms with Gasteiger partial charge in [-0.05, 0) is 69.0 Å². The zero-order valence-corrected chi connectivity index (χ0v) is 19.6. The Hall–Kier alpha value is -2.97. The molecule has 0 heterocycles. The monoisotopic (exact) mass is 450 g/mol. The van der Waals surface area contributed by atoms with Gasteiger partial charge in [-0.3, -0.25) is 4.79 Å². The number of hydrogen-bond acceptors (Lipinski definition) is 3. The van der Waals surface area contributed by atoms with Gasteiger partial charge in [-0.1, -0.05) is 54.6 Å². The van der Waals surface area contributed by atoms with Crippen molar-refractivity contribution in [1.29, 1.82) is 0 Å². The van der Waals surface area contributed by atoms with Gasteiger partial charge in [0.05, 0.1) is 5.66 Å². The van der Waals surface area contributed by atoms with Crippen LogP contribution in [-0.2, 0) is 9.59 Å². The third-order valence-corrected chi connectivity index (χ3v) is 10.3. The smallest absolute Gasteiger partial charge is 0.300 e. The first kappa shape index (κ1) is 25.3. The van der Waals surface area contributed by atoms with E-state index in [1.807, 2.05) is 0 Å². The van der Waals surface area contributed by atoms with Crippen LogP contribution in [0.25, 0.3) is 0 Å². The Kier molecular flexibility index (Phi) is 10.1. The van der Waals surface area contributed by atoms with Crippen molar-refractivity contribution in [3.8, 4) is 0 Å². The Labute approximate surface area is 191 Å². The van der Waals surface area contributed by atoms with Crippen LogP contribution in [0.2, 0.25) is 0 Å². The van der Waals surface area contributed by atoms with Crippen LogP contribution < -0.4 is 21.0 Å². The molecule has 0 amide bonds. The third kappa shape index (κ3) is 6.77. The molecule has 0 aliphatic heterocycles. The van der Waals surface area contributed by atoms with Gasteiger partial charge >= 0.3 is 0 Å². The zero-order chi connectivity index (χ0) is 23.4. The summed E-state index contributed by atoms with van der Waals surface area (Å²) in [5, 5.41) is 20.9. The second-order valence-corrected chi connectivity index (χ2v) is 11.4. The van der Waals surface area contributed by atoms with E-state index in [-0.39, 0.29) is 0 Å². The van der Waals surface area contributed by atoms with E-state index in [1.165, 1.54) is 41.6 Å². The first-order valence-corrected chi connectivity index (χ1v) is 12.7. The van der Waals surface area contributed by atoms with E-state index in [4.69, 9.17) is 19.8 Å². The van der Waals surface area contributed by atoms with Crippen LogP contribution in [0.15, 0.2) is 91.0 Å². The van der Waals surface area contributed by atoms with Crippen LogP contribution in [0.3, 0.4) is 0 Å². The molecule has 0 saturated heterocycles. The number of carboxylic acids is 2. The molecular formula is C27H31O4P. The van der Waals surface area contributed by atoms with E-state index in [2.05, 4.69) is 91.0 Å². The van der Waals surface area contributed by atoms with Gasteiger partial charge in [0.2, 0.25) is 0 Å². The summed E-state index contributed by atoms with van der Waals surface area (Å²) in [6, 6.07) is 33.9. The molecule has 168 valence electrons. The topological polar surface area (TPSA) is 77.4 Å². The quantitative estimate of drug-likeness (QED) is 0.614. The first-order valence-electron chi connectivity index (χ1n) is 10.8. The molecule has 0 radical (unpaired) electrons. The maximum Gasteiger partial charge on any atom is 0.300 e. The van der Waals surface area contributed by atoms with E-state index in [1.54, 1.807) is 0 Å². The van der Waals surface area contributed by atoms with Gasteiger partial charge in [-0.25, -0.2) is 0 Å². The minimum atomic E-state index is -1.60. The van der Waals surface area contributed by atoms with Gasteiger partial charge in [-0.15, -0.1) is 0 Å². The number of carbonyl (C=O) groups is 2. The van der Waals surface area contributed by atoms with Crippen molar-refractivity contribution in [2.24, 2.45) is 0 Å². The Morgan fingerprint density at radius 1 is 0.719 bits per heavy atom. The highest BCUT2D eigenvalue weighted by Gasteiger charge is 2.52. The lowest BCUT2D eigenvalue weighted by molar-refractivity contribution is -0.302. The molecule has 1 saturated carbocycles. The number of aliphatic carboxylic acids is 2. The molecule has 3 aromatic rings. The molecule has 32 heavy (non-hydrogen) atoms. The number of carbonyl (C=O) groups excluding carboxylic acids is 1. The standard InChI is InChI=1S/C23H24P.2C2H4O2/c1-4-12-20(13-5-1)24(23-18-10-11-19-23,21-14-6-2-7-15-21)22-16-8-3-9-17-22;2*1-2(3)4/h1-9,12-17,23H,10-11,18-19H2;2*1H3,(H,3,4)/q+1;;/p-1. The fourth-order valence-electron chi connectivity index (χ4n) is 4.36. The first-order chi connectivity index (χ1) is 15.4. The zero-order valence-electron chi connectivity index (χ0n) is 18.7. The maximum atomic E-state index is 9.00. The number of rotatable bonds is 4. The van der Waals surface area contributed by atoms with Gasteiger partial charge in [0.15, 0.2) is 0 Å². The summed E-state index contributed by atoms with van der Waals surface area (Å²) in [5.74, 6) is -1.92. The Bertz CT molecular complexity index is 836. The number of hydrogen-bond donors (Lipinski definition) is 1. The predicted molar refractivity (Wildman–Crippen MR) is 131 cm³/mol. The lowest BCUT2D eigenvalue weighted by Gasteiger charge is -2.32. The van der Waals surface area contributed by atoms with Crippen LogP contribution in [0.5, 0.6) is 0 Å². The summed E-state index contributed by atoms with van der Waals surface area (Å²) in [6.45, 7) is 2.06. The third-order valence-electron chi connectivity index (χ3n) is 5.36. The van der Waals surface area contributed by atoms with Crippen molar-refractivity contribution in [1.82, 2.24) is 0 Å². The van der Waals surface area contributed by atoms with Gasteiger partial charge < -0.3 is 15.0 Å². The molecular weight excluding hydrogens is 419 g/mol. The molecule has 4 rings (SSSR count). The second-order valence-electron chi connectivity index (χ2n) is 7.68. The normalized spacial score (nSPS) is 13.2. The number of benzene rings is 3. The van der Waals surface area contributed by atoms with Crippen LogP contribution >= 0.6 is 7.26 Å². The highest BCUT2D eigenvalue weighted by atomic mass is 31.2. The summed E-state index contributed by atoms with van der Waals surface area (Å²) >= 11 is 0. The van der Waals surface area contributed by atoms with Gasteiger partial charge in [-0.2, -0.15) is 0 Å². The molecule has 4 nitrogen and oxygen atoms in total. The Morgan fingerprint density at radius 3 is 1.22 bits per heavy atom. The summed E-state index contributed by atoms with van der Waals surface area (Å²) in [5.41, 5.74) is 0.768. The molecule has 1 N–H and O–H groups in total. The van der Waals surface area contributed by atoms with E-state index in [9.17, 15) is 0 Å². The highest BCUT2D eigenvalue weighted by molar-refractivity contribution is 7.96. The maximum absolute atomic E-state index is 9.00. The molecule has 0 unspecified atom stereocenters. The predicted octanol–water partition coefficient (Wildman–Crippen LogP) is 3.77. The van der Waals surface area contributed by atoms with Crippen LogP contribution in [0, 0.1) is 0 Å². The average molecular weight is 451 g/mol. The average Bonchev–Trinajstić information content (AvgIpc) is 3.31. The van der Waals surface area contributed by atoms with Crippen molar-refractivity contribution in [2.45, 2.75) is 45.2 Å². The van der Waals surface area contributed by atoms with Crippen LogP contribution in [0.1, 0.15) is 39.5 Å². The van der Waals surface area contributed by atoms with E-state index >= 15 is 0 Å². The van der Waals surface area contributed by atoms with E-state index < -0.39 is 19.2 Å². The number of carboxylic acid groups (broad SMARTS) is 2. The molecule has 0 aromatic heterocycles. The highest BCUT2D eigenvalue weighted by Crippen LogP contribution is 2.63. The summed E-state index contributed by atoms with van der Waals surface area (Å²) in [7, 11) is -1.60. The SMILES string of the molecule is CC(=O)O.CC(=O)[O-].c1ccc([P+](c2ccccc2)(c2ccccc2)C2CCCC2)cc1. The summed E-state index contributed by atoms with van der Waals surface area (Å²) < 4.78 is 0. The summed E-state index contributed by atoms with van der Waals surface area (Å²) in [6.07, 6.45) is 5.46. The molecule has 0 atom stereocenters. The van der Waals surface area contributed by atoms with Gasteiger partial charge in [0.25, 0.3) is 5.97 Å². The molecule has 0 bridgehead atoms. The Morgan fingerprint density at radius 2 is 0.969 bits per heavy atom. The summed E-state index contributed by atoms with van der Waals surface area (Å²) in [4.78, 5) is 17.9. The largest absolute Gasteiger partial charge is 0.550 e. The van der Waals surface area contributed by atoms with Crippen molar-refractivity contribution in [2.75, 3.05) is 0 Å². The second kappa shape index (κ2) is 12.8. The van der Waals surface area contributed by atoms with Crippen molar-refractivity contribution in [3.63, 3.8) is 0 Å². The molecule has 1 aliphatic rings. The van der Waals surface area contributed by atoms with E-state index in [0.29, 0.717) is 0 Å². The molecule has 5 heteroatoms. The van der Waals surface area contributed by atoms with Gasteiger partial charge in [0, 0.05) is 12.9 Å². The van der Waals surface area contributed by atoms with Gasteiger partial charge in [0.1, 0.15) is 23.2 Å². The molecule has 3 aromatic carbocycles. The fraction of sp³-hybridized carbons (Fsp3) is 0.259. The molecule has 1 aliphatic carbocycles. The van der Waals surface area contributed by atoms with Crippen molar-refractivity contribution in [3.05, 3.63) is 91.0 Å².